The molecular formula is C19H30N2O4. The molecule has 0 aliphatic heterocycles. The molecule has 1 rings (SSSR count). The summed E-state index contributed by atoms with van der Waals surface area (Å²) in [6.45, 7) is 8.72. The third-order valence-electron chi connectivity index (χ3n) is 3.67. The van der Waals surface area contributed by atoms with Crippen LogP contribution in [0.5, 0.6) is 0 Å². The van der Waals surface area contributed by atoms with Gasteiger partial charge < -0.3 is 9.84 Å². The van der Waals surface area contributed by atoms with Crippen LogP contribution in [0.2, 0.25) is 0 Å². The molecule has 6 nitrogen and oxygen atoms in total. The number of carboxylic acids is 1. The number of unbranched alkanes of at least 4 members (excludes halogenated alkanes) is 1. The monoisotopic (exact) mass is 350 g/mol. The summed E-state index contributed by atoms with van der Waals surface area (Å²) in [6, 6.07) is 5.70. The van der Waals surface area contributed by atoms with Crippen LogP contribution in [0.4, 0.5) is 0 Å². The number of hydrogen-bond donors (Lipinski definition) is 1. The van der Waals surface area contributed by atoms with Gasteiger partial charge in [-0.1, -0.05) is 19.4 Å². The van der Waals surface area contributed by atoms with Crippen molar-refractivity contribution >= 4 is 11.9 Å². The molecule has 0 saturated heterocycles. The predicted octanol–water partition coefficient (Wildman–Crippen LogP) is 3.12. The minimum absolute atomic E-state index is 0.197. The van der Waals surface area contributed by atoms with Crippen molar-refractivity contribution in [2.24, 2.45) is 5.92 Å². The highest BCUT2D eigenvalue weighted by Crippen LogP contribution is 2.12. The summed E-state index contributed by atoms with van der Waals surface area (Å²) in [6.07, 6.45) is 4.00. The number of aliphatic carboxylic acids is 1. The second-order valence-electron chi connectivity index (χ2n) is 7.35. The average molecular weight is 350 g/mol. The Morgan fingerprint density at radius 2 is 2.00 bits per heavy atom. The molecule has 1 aromatic rings. The number of rotatable bonds is 10. The van der Waals surface area contributed by atoms with Gasteiger partial charge in [0.05, 0.1) is 18.2 Å². The molecular weight excluding hydrogens is 320 g/mol. The zero-order valence-corrected chi connectivity index (χ0v) is 15.7. The van der Waals surface area contributed by atoms with Crippen LogP contribution < -0.4 is 0 Å². The molecule has 1 atom stereocenters. The van der Waals surface area contributed by atoms with Crippen molar-refractivity contribution in [1.29, 1.82) is 0 Å². The van der Waals surface area contributed by atoms with E-state index in [9.17, 15) is 9.59 Å². The van der Waals surface area contributed by atoms with Crippen molar-refractivity contribution in [2.45, 2.75) is 59.1 Å². The number of esters is 1. The molecule has 0 aromatic carbocycles. The van der Waals surface area contributed by atoms with Crippen LogP contribution in [-0.2, 0) is 20.9 Å². The van der Waals surface area contributed by atoms with Crippen molar-refractivity contribution in [1.82, 2.24) is 9.88 Å². The van der Waals surface area contributed by atoms with E-state index in [2.05, 4.69) is 4.98 Å². The minimum Gasteiger partial charge on any atom is -0.481 e. The van der Waals surface area contributed by atoms with Gasteiger partial charge >= 0.3 is 11.9 Å². The van der Waals surface area contributed by atoms with Crippen LogP contribution in [0.15, 0.2) is 24.4 Å². The fraction of sp³-hybridized carbons (Fsp3) is 0.632. The summed E-state index contributed by atoms with van der Waals surface area (Å²) < 4.78 is 5.40. The van der Waals surface area contributed by atoms with Crippen molar-refractivity contribution in [3.63, 3.8) is 0 Å². The fourth-order valence-corrected chi connectivity index (χ4v) is 2.40. The smallest absolute Gasteiger partial charge is 0.320 e. The number of aromatic nitrogens is 1. The Labute approximate surface area is 150 Å². The fourth-order valence-electron chi connectivity index (χ4n) is 2.40. The van der Waals surface area contributed by atoms with Gasteiger partial charge in [-0.15, -0.1) is 0 Å². The first-order valence-electron chi connectivity index (χ1n) is 8.74. The van der Waals surface area contributed by atoms with E-state index in [1.54, 1.807) is 13.1 Å². The van der Waals surface area contributed by atoms with E-state index in [0.717, 1.165) is 18.5 Å². The Morgan fingerprint density at radius 3 is 2.56 bits per heavy atom. The maximum Gasteiger partial charge on any atom is 0.320 e. The lowest BCUT2D eigenvalue weighted by Gasteiger charge is -2.25. The summed E-state index contributed by atoms with van der Waals surface area (Å²) in [5.41, 5.74) is 0.384. The van der Waals surface area contributed by atoms with Gasteiger partial charge in [-0.2, -0.15) is 0 Å². The summed E-state index contributed by atoms with van der Waals surface area (Å²) in [5.74, 6) is -1.36. The summed E-state index contributed by atoms with van der Waals surface area (Å²) in [5, 5.41) is 8.93. The highest BCUT2D eigenvalue weighted by molar-refractivity contribution is 5.72. The van der Waals surface area contributed by atoms with E-state index in [1.807, 2.05) is 43.9 Å². The zero-order valence-electron chi connectivity index (χ0n) is 15.7. The molecule has 0 spiro atoms. The van der Waals surface area contributed by atoms with E-state index in [-0.39, 0.29) is 18.4 Å². The Hall–Kier alpha value is -1.95. The van der Waals surface area contributed by atoms with Gasteiger partial charge in [0, 0.05) is 12.7 Å². The Bertz CT molecular complexity index is 540. The molecule has 1 N–H and O–H groups in total. The highest BCUT2D eigenvalue weighted by atomic mass is 16.6. The summed E-state index contributed by atoms with van der Waals surface area (Å²) in [7, 11) is 0. The first-order valence-corrected chi connectivity index (χ1v) is 8.74. The van der Waals surface area contributed by atoms with Crippen molar-refractivity contribution < 1.29 is 19.4 Å². The molecule has 140 valence electrons. The lowest BCUT2D eigenvalue weighted by Crippen LogP contribution is -2.35. The molecule has 0 bridgehead atoms. The van der Waals surface area contributed by atoms with Crippen LogP contribution in [0.1, 0.15) is 52.7 Å². The van der Waals surface area contributed by atoms with Crippen LogP contribution >= 0.6 is 0 Å². The highest BCUT2D eigenvalue weighted by Gasteiger charge is 2.19. The van der Waals surface area contributed by atoms with Crippen LogP contribution in [0, 0.1) is 5.92 Å². The zero-order chi connectivity index (χ0) is 18.9. The normalized spacial score (nSPS) is 12.8. The molecule has 1 heterocycles. The number of carbonyl (C=O) groups is 2. The minimum atomic E-state index is -0.765. The number of carbonyl (C=O) groups excluding carboxylic acids is 1. The topological polar surface area (TPSA) is 79.7 Å². The first kappa shape index (κ1) is 21.1. The van der Waals surface area contributed by atoms with Gasteiger partial charge in [-0.25, -0.2) is 0 Å². The average Bonchev–Trinajstić information content (AvgIpc) is 2.50. The Balaban J connectivity index is 2.55. The van der Waals surface area contributed by atoms with Gasteiger partial charge in [-0.05, 0) is 52.3 Å². The molecule has 0 aliphatic rings. The second-order valence-corrected chi connectivity index (χ2v) is 7.35. The third kappa shape index (κ3) is 9.82. The van der Waals surface area contributed by atoms with Crippen molar-refractivity contribution in [3.05, 3.63) is 30.1 Å². The van der Waals surface area contributed by atoms with Gasteiger partial charge in [-0.3, -0.25) is 19.5 Å². The SMILES string of the molecule is CC(CCCCN(CC(=O)OC(C)(C)C)Cc1ccccn1)C(=O)O. The van der Waals surface area contributed by atoms with E-state index in [0.29, 0.717) is 19.5 Å². The van der Waals surface area contributed by atoms with Crippen LogP contribution in [-0.4, -0.2) is 45.6 Å². The number of pyridine rings is 1. The van der Waals surface area contributed by atoms with E-state index >= 15 is 0 Å². The molecule has 0 fully saturated rings. The van der Waals surface area contributed by atoms with E-state index < -0.39 is 11.6 Å². The maximum atomic E-state index is 12.1. The predicted molar refractivity (Wildman–Crippen MR) is 96.0 cm³/mol. The standard InChI is InChI=1S/C19H30N2O4/c1-15(18(23)24)9-6-8-12-21(13-16-10-5-7-11-20-16)14-17(22)25-19(2,3)4/h5,7,10-11,15H,6,8-9,12-14H2,1-4H3,(H,23,24). The number of carboxylic acid groups (broad SMARTS) is 1. The molecule has 1 unspecified atom stereocenters. The molecule has 0 saturated carbocycles. The van der Waals surface area contributed by atoms with Crippen molar-refractivity contribution in [3.8, 4) is 0 Å². The Morgan fingerprint density at radius 1 is 1.28 bits per heavy atom. The van der Waals surface area contributed by atoms with Gasteiger partial charge in [0.2, 0.25) is 0 Å². The molecule has 0 amide bonds. The lowest BCUT2D eigenvalue weighted by atomic mass is 10.0. The number of hydrogen-bond acceptors (Lipinski definition) is 5. The third-order valence-corrected chi connectivity index (χ3v) is 3.67. The maximum absolute atomic E-state index is 12.1. The molecule has 0 radical (unpaired) electrons. The second kappa shape index (κ2) is 10.1. The summed E-state index contributed by atoms with van der Waals surface area (Å²) in [4.78, 5) is 29.3. The van der Waals surface area contributed by atoms with Crippen LogP contribution in [0.3, 0.4) is 0 Å². The largest absolute Gasteiger partial charge is 0.481 e. The van der Waals surface area contributed by atoms with Crippen molar-refractivity contribution in [2.75, 3.05) is 13.1 Å². The van der Waals surface area contributed by atoms with Crippen LogP contribution in [0.25, 0.3) is 0 Å². The molecule has 25 heavy (non-hydrogen) atoms. The molecule has 0 aliphatic carbocycles. The molecule has 1 aromatic heterocycles. The molecule has 6 heteroatoms. The number of nitrogens with zero attached hydrogens (tertiary/aromatic N) is 2. The first-order chi connectivity index (χ1) is 11.7. The Kier molecular flexibility index (Phi) is 8.55. The van der Waals surface area contributed by atoms with E-state index in [4.69, 9.17) is 9.84 Å². The number of ether oxygens (including phenoxy) is 1. The quantitative estimate of drug-likeness (QED) is 0.516. The van der Waals surface area contributed by atoms with Gasteiger partial charge in [0.1, 0.15) is 5.60 Å². The van der Waals surface area contributed by atoms with Gasteiger partial charge in [0.15, 0.2) is 0 Å². The summed E-state index contributed by atoms with van der Waals surface area (Å²) >= 11 is 0. The van der Waals surface area contributed by atoms with E-state index in [1.165, 1.54) is 0 Å². The van der Waals surface area contributed by atoms with Gasteiger partial charge in [0.25, 0.3) is 0 Å². The lowest BCUT2D eigenvalue weighted by molar-refractivity contribution is -0.156.